The van der Waals surface area contributed by atoms with Crippen molar-refractivity contribution in [3.05, 3.63) is 60.3 Å². The van der Waals surface area contributed by atoms with E-state index in [4.69, 9.17) is 4.74 Å². The van der Waals surface area contributed by atoms with Crippen molar-refractivity contribution in [3.63, 3.8) is 0 Å². The van der Waals surface area contributed by atoms with Gasteiger partial charge in [-0.2, -0.15) is 0 Å². The molecule has 10 heteroatoms. The molecule has 1 aromatic heterocycles. The Labute approximate surface area is 272 Å². The van der Waals surface area contributed by atoms with E-state index in [-0.39, 0.29) is 24.1 Å². The molecule has 1 saturated carbocycles. The number of thioether (sulfide) groups is 1. The molecule has 3 amide bonds. The second kappa shape index (κ2) is 18.9. The summed E-state index contributed by atoms with van der Waals surface area (Å²) < 4.78 is 5.40. The van der Waals surface area contributed by atoms with Crippen LogP contribution in [0.5, 0.6) is 0 Å². The van der Waals surface area contributed by atoms with E-state index in [1.807, 2.05) is 55.5 Å². The molecule has 1 unspecified atom stereocenters. The van der Waals surface area contributed by atoms with Crippen LogP contribution < -0.4 is 10.6 Å². The molecule has 1 saturated heterocycles. The van der Waals surface area contributed by atoms with Gasteiger partial charge >= 0.3 is 0 Å². The number of nitrogens with zero attached hydrogens (tertiary/aromatic N) is 2. The zero-order valence-corrected chi connectivity index (χ0v) is 27.4. The molecule has 1 aliphatic carbocycles. The third-order valence-electron chi connectivity index (χ3n) is 8.83. The molecule has 0 radical (unpaired) electrons. The standard InChI is InChI=1S/C35H50N4O5S/c1-2-11-29(37-34(42)28(22-26-12-5-3-6-13-26)24-33(41)39-18-20-44-21-19-39)35(43)38-30(23-27-14-7-4-8-15-27)31(40)25-45-32-16-9-10-17-36-32/h3,5-6,9-10,12-13,16-17,27-31,40H,2,4,7-8,11,14-15,18-25H2,1H3,(H,37,42)(H,38,43)/t28?,29-,30-,31+/m0/s1. The normalized spacial score (nSPS) is 18.4. The smallest absolute Gasteiger partial charge is 0.242 e. The summed E-state index contributed by atoms with van der Waals surface area (Å²) in [4.78, 5) is 46.9. The predicted octanol–water partition coefficient (Wildman–Crippen LogP) is 4.38. The fraction of sp³-hybridized carbons (Fsp3) is 0.600. The van der Waals surface area contributed by atoms with E-state index < -0.39 is 24.1 Å². The molecule has 2 fully saturated rings. The van der Waals surface area contributed by atoms with Gasteiger partial charge in [0, 0.05) is 31.5 Å². The van der Waals surface area contributed by atoms with E-state index in [1.54, 1.807) is 11.1 Å². The van der Waals surface area contributed by atoms with E-state index in [0.29, 0.717) is 63.7 Å². The van der Waals surface area contributed by atoms with Gasteiger partial charge in [0.25, 0.3) is 0 Å². The van der Waals surface area contributed by atoms with Crippen molar-refractivity contribution < 1.29 is 24.2 Å². The van der Waals surface area contributed by atoms with E-state index in [1.165, 1.54) is 31.0 Å². The predicted molar refractivity (Wildman–Crippen MR) is 177 cm³/mol. The van der Waals surface area contributed by atoms with Crippen LogP contribution in [-0.4, -0.2) is 83.0 Å². The number of hydrogen-bond donors (Lipinski definition) is 3. The number of aliphatic hydroxyl groups excluding tert-OH is 1. The summed E-state index contributed by atoms with van der Waals surface area (Å²) in [6, 6.07) is 14.2. The highest BCUT2D eigenvalue weighted by atomic mass is 32.2. The molecule has 3 N–H and O–H groups in total. The lowest BCUT2D eigenvalue weighted by Crippen LogP contribution is -2.54. The molecule has 246 valence electrons. The number of nitrogens with one attached hydrogen (secondary N) is 2. The minimum absolute atomic E-state index is 0.0644. The summed E-state index contributed by atoms with van der Waals surface area (Å²) >= 11 is 1.47. The summed E-state index contributed by atoms with van der Waals surface area (Å²) in [6.07, 6.45) is 9.05. The minimum Gasteiger partial charge on any atom is -0.390 e. The third-order valence-corrected chi connectivity index (χ3v) is 9.88. The van der Waals surface area contributed by atoms with E-state index in [0.717, 1.165) is 23.4 Å². The Kier molecular flexibility index (Phi) is 14.7. The van der Waals surface area contributed by atoms with Gasteiger partial charge in [-0.25, -0.2) is 4.98 Å². The molecule has 2 heterocycles. The molecular formula is C35H50N4O5S. The lowest BCUT2D eigenvalue weighted by molar-refractivity contribution is -0.140. The summed E-state index contributed by atoms with van der Waals surface area (Å²) in [5, 5.41) is 18.3. The summed E-state index contributed by atoms with van der Waals surface area (Å²) in [6.45, 7) is 4.00. The average Bonchev–Trinajstić information content (AvgIpc) is 3.08. The molecule has 0 spiro atoms. The Bertz CT molecular complexity index is 1180. The largest absolute Gasteiger partial charge is 0.390 e. The van der Waals surface area contributed by atoms with Crippen LogP contribution >= 0.6 is 11.8 Å². The summed E-state index contributed by atoms with van der Waals surface area (Å²) in [5.41, 5.74) is 0.963. The topological polar surface area (TPSA) is 121 Å². The van der Waals surface area contributed by atoms with Crippen molar-refractivity contribution in [2.24, 2.45) is 11.8 Å². The van der Waals surface area contributed by atoms with Gasteiger partial charge in [0.05, 0.1) is 36.3 Å². The van der Waals surface area contributed by atoms with E-state index in [2.05, 4.69) is 15.6 Å². The molecule has 9 nitrogen and oxygen atoms in total. The van der Waals surface area contributed by atoms with Crippen LogP contribution in [0.4, 0.5) is 0 Å². The molecule has 45 heavy (non-hydrogen) atoms. The molecular weight excluding hydrogens is 588 g/mol. The average molecular weight is 639 g/mol. The van der Waals surface area contributed by atoms with E-state index in [9.17, 15) is 19.5 Å². The maximum absolute atomic E-state index is 13.8. The van der Waals surface area contributed by atoms with Crippen molar-refractivity contribution >= 4 is 29.5 Å². The Morgan fingerprint density at radius 1 is 1.00 bits per heavy atom. The number of rotatable bonds is 16. The third kappa shape index (κ3) is 11.7. The highest BCUT2D eigenvalue weighted by Gasteiger charge is 2.32. The highest BCUT2D eigenvalue weighted by molar-refractivity contribution is 7.99. The zero-order valence-electron chi connectivity index (χ0n) is 26.6. The number of aliphatic hydroxyl groups is 1. The van der Waals surface area contributed by atoms with Crippen molar-refractivity contribution in [2.45, 2.75) is 94.3 Å². The monoisotopic (exact) mass is 638 g/mol. The van der Waals surface area contributed by atoms with Gasteiger partial charge < -0.3 is 25.4 Å². The van der Waals surface area contributed by atoms with Crippen LogP contribution in [0.1, 0.15) is 70.3 Å². The number of ether oxygens (including phenoxy) is 1. The van der Waals surface area contributed by atoms with Crippen LogP contribution in [0.2, 0.25) is 0 Å². The number of carbonyl (C=O) groups is 3. The molecule has 0 bridgehead atoms. The summed E-state index contributed by atoms with van der Waals surface area (Å²) in [5.74, 6) is -0.433. The molecule has 2 aromatic rings. The lowest BCUT2D eigenvalue weighted by atomic mass is 9.83. The van der Waals surface area contributed by atoms with Crippen LogP contribution in [-0.2, 0) is 25.5 Å². The first-order chi connectivity index (χ1) is 21.9. The number of morpholine rings is 1. The van der Waals surface area contributed by atoms with Crippen LogP contribution in [0.25, 0.3) is 0 Å². The van der Waals surface area contributed by atoms with Gasteiger partial charge in [0.2, 0.25) is 17.7 Å². The molecule has 1 aromatic carbocycles. The Hall–Kier alpha value is -2.95. The SMILES string of the molecule is CCC[C@H](NC(=O)C(CC(=O)N1CCOCC1)Cc1ccccc1)C(=O)N[C@@H](CC1CCCCC1)[C@H](O)CSc1ccccn1. The van der Waals surface area contributed by atoms with Gasteiger partial charge in [-0.05, 0) is 42.9 Å². The fourth-order valence-corrected chi connectivity index (χ4v) is 7.14. The van der Waals surface area contributed by atoms with Gasteiger partial charge in [0.15, 0.2) is 0 Å². The van der Waals surface area contributed by atoms with Crippen LogP contribution in [0, 0.1) is 11.8 Å². The maximum atomic E-state index is 13.8. The lowest BCUT2D eigenvalue weighted by Gasteiger charge is -2.32. The van der Waals surface area contributed by atoms with Crippen molar-refractivity contribution in [3.8, 4) is 0 Å². The maximum Gasteiger partial charge on any atom is 0.242 e. The molecule has 4 rings (SSSR count). The molecule has 4 atom stereocenters. The van der Waals surface area contributed by atoms with Gasteiger partial charge in [-0.3, -0.25) is 14.4 Å². The first-order valence-corrected chi connectivity index (χ1v) is 17.6. The van der Waals surface area contributed by atoms with Crippen molar-refractivity contribution in [1.82, 2.24) is 20.5 Å². The first kappa shape index (κ1) is 34.9. The molecule has 1 aliphatic heterocycles. The number of hydrogen-bond acceptors (Lipinski definition) is 7. The first-order valence-electron chi connectivity index (χ1n) is 16.6. The Morgan fingerprint density at radius 3 is 2.42 bits per heavy atom. The van der Waals surface area contributed by atoms with Crippen molar-refractivity contribution in [1.29, 1.82) is 0 Å². The van der Waals surface area contributed by atoms with Gasteiger partial charge in [0.1, 0.15) is 6.04 Å². The number of benzene rings is 1. The zero-order chi connectivity index (χ0) is 31.9. The van der Waals surface area contributed by atoms with Crippen molar-refractivity contribution in [2.75, 3.05) is 32.1 Å². The number of amides is 3. The fourth-order valence-electron chi connectivity index (χ4n) is 6.25. The Morgan fingerprint density at radius 2 is 1.73 bits per heavy atom. The van der Waals surface area contributed by atoms with Crippen LogP contribution in [0.3, 0.4) is 0 Å². The quantitative estimate of drug-likeness (QED) is 0.234. The number of aromatic nitrogens is 1. The second-order valence-corrected chi connectivity index (χ2v) is 13.4. The van der Waals surface area contributed by atoms with E-state index >= 15 is 0 Å². The molecule has 2 aliphatic rings. The van der Waals surface area contributed by atoms with Gasteiger partial charge in [-0.1, -0.05) is 81.8 Å². The highest BCUT2D eigenvalue weighted by Crippen LogP contribution is 2.29. The summed E-state index contributed by atoms with van der Waals surface area (Å²) in [7, 11) is 0. The van der Waals surface area contributed by atoms with Gasteiger partial charge in [-0.15, -0.1) is 11.8 Å². The van der Waals surface area contributed by atoms with Crippen LogP contribution in [0.15, 0.2) is 59.8 Å². The number of carbonyl (C=O) groups excluding carboxylic acids is 3. The number of pyridine rings is 1. The Balaban J connectivity index is 1.44. The minimum atomic E-state index is -0.766. The second-order valence-electron chi connectivity index (χ2n) is 12.3.